The minimum atomic E-state index is -0.467. The first-order chi connectivity index (χ1) is 6.65. The van der Waals surface area contributed by atoms with E-state index in [0.29, 0.717) is 12.0 Å². The highest BCUT2D eigenvalue weighted by atomic mass is 35.5. The number of hydrogen-bond donors (Lipinski definition) is 1. The summed E-state index contributed by atoms with van der Waals surface area (Å²) in [6, 6.07) is 4.72. The lowest BCUT2D eigenvalue weighted by Gasteiger charge is -2.05. The fourth-order valence-corrected chi connectivity index (χ4v) is 1.20. The van der Waals surface area contributed by atoms with Gasteiger partial charge in [0.25, 0.3) is 0 Å². The number of amides is 1. The molecule has 1 aromatic rings. The predicted molar refractivity (Wildman–Crippen MR) is 53.5 cm³/mol. The first kappa shape index (κ1) is 11.0. The van der Waals surface area contributed by atoms with Crippen LogP contribution in [0.25, 0.3) is 0 Å². The van der Waals surface area contributed by atoms with E-state index in [0.717, 1.165) is 0 Å². The van der Waals surface area contributed by atoms with Crippen molar-refractivity contribution in [3.05, 3.63) is 34.6 Å². The second kappa shape index (κ2) is 4.96. The normalized spacial score (nSPS) is 9.93. The molecule has 2 nitrogen and oxygen atoms in total. The number of nitrogens with one attached hydrogen (secondary N) is 1. The smallest absolute Gasteiger partial charge is 0.219 e. The lowest BCUT2D eigenvalue weighted by Crippen LogP contribution is -2.22. The van der Waals surface area contributed by atoms with Crippen LogP contribution in [0.15, 0.2) is 18.2 Å². The van der Waals surface area contributed by atoms with Crippen molar-refractivity contribution in [1.29, 1.82) is 0 Å². The van der Waals surface area contributed by atoms with Crippen molar-refractivity contribution in [3.8, 4) is 0 Å². The largest absolute Gasteiger partial charge is 0.352 e. The van der Waals surface area contributed by atoms with Gasteiger partial charge in [-0.15, -0.1) is 0 Å². The predicted octanol–water partition coefficient (Wildman–Crippen LogP) is 2.51. The highest BCUT2D eigenvalue weighted by Gasteiger charge is 2.06. The zero-order chi connectivity index (χ0) is 10.6. The summed E-state index contributed by atoms with van der Waals surface area (Å²) >= 11 is 5.58. The van der Waals surface area contributed by atoms with Gasteiger partial charge in [-0.05, 0) is 6.07 Å². The van der Waals surface area contributed by atoms with Crippen LogP contribution in [0.2, 0.25) is 5.02 Å². The molecule has 0 radical (unpaired) electrons. The number of hydrogen-bond acceptors (Lipinski definition) is 1. The molecule has 0 heterocycles. The van der Waals surface area contributed by atoms with Gasteiger partial charge in [0, 0.05) is 18.5 Å². The zero-order valence-electron chi connectivity index (χ0n) is 7.81. The topological polar surface area (TPSA) is 29.1 Å². The molecule has 76 valence electrons. The molecule has 0 aliphatic carbocycles. The van der Waals surface area contributed by atoms with Gasteiger partial charge in [0.15, 0.2) is 0 Å². The van der Waals surface area contributed by atoms with E-state index in [1.807, 2.05) is 0 Å². The molecule has 1 rings (SSSR count). The summed E-state index contributed by atoms with van der Waals surface area (Å²) in [6.07, 6.45) is 0.391. The second-order valence-electron chi connectivity index (χ2n) is 2.84. The van der Waals surface area contributed by atoms with E-state index in [2.05, 4.69) is 5.32 Å². The maximum Gasteiger partial charge on any atom is 0.219 e. The van der Waals surface area contributed by atoms with Crippen LogP contribution < -0.4 is 5.32 Å². The molecule has 4 heteroatoms. The van der Waals surface area contributed by atoms with Crippen LogP contribution >= 0.6 is 11.6 Å². The lowest BCUT2D eigenvalue weighted by molar-refractivity contribution is -0.120. The van der Waals surface area contributed by atoms with Crippen LogP contribution in [0, 0.1) is 5.82 Å². The van der Waals surface area contributed by atoms with E-state index in [4.69, 9.17) is 11.6 Å². The zero-order valence-corrected chi connectivity index (χ0v) is 8.57. The summed E-state index contributed by atoms with van der Waals surface area (Å²) in [4.78, 5) is 10.9. The van der Waals surface area contributed by atoms with Gasteiger partial charge in [-0.25, -0.2) is 4.39 Å². The van der Waals surface area contributed by atoms with Crippen LogP contribution in [0.5, 0.6) is 0 Å². The van der Waals surface area contributed by atoms with Crippen molar-refractivity contribution < 1.29 is 9.18 Å². The van der Waals surface area contributed by atoms with Crippen LogP contribution in [0.1, 0.15) is 18.9 Å². The molecule has 14 heavy (non-hydrogen) atoms. The first-order valence-corrected chi connectivity index (χ1v) is 4.72. The number of benzene rings is 1. The molecule has 1 amide bonds. The van der Waals surface area contributed by atoms with Crippen molar-refractivity contribution in [2.24, 2.45) is 0 Å². The fraction of sp³-hybridized carbons (Fsp3) is 0.300. The maximum absolute atomic E-state index is 13.3. The van der Waals surface area contributed by atoms with Gasteiger partial charge in [-0.2, -0.15) is 0 Å². The molecule has 0 atom stereocenters. The Bertz CT molecular complexity index is 341. The molecule has 0 unspecified atom stereocenters. The average molecular weight is 216 g/mol. The number of rotatable bonds is 3. The summed E-state index contributed by atoms with van der Waals surface area (Å²) in [7, 11) is 0. The van der Waals surface area contributed by atoms with E-state index in [9.17, 15) is 9.18 Å². The molecule has 0 saturated heterocycles. The van der Waals surface area contributed by atoms with Crippen molar-refractivity contribution >= 4 is 17.5 Å². The van der Waals surface area contributed by atoms with Crippen LogP contribution in [-0.4, -0.2) is 5.91 Å². The summed E-state index contributed by atoms with van der Waals surface area (Å²) in [5, 5.41) is 2.66. The summed E-state index contributed by atoms with van der Waals surface area (Å²) in [5.74, 6) is -0.574. The van der Waals surface area contributed by atoms with E-state index < -0.39 is 5.82 Å². The Morgan fingerprint density at radius 3 is 2.93 bits per heavy atom. The van der Waals surface area contributed by atoms with Gasteiger partial charge in [-0.3, -0.25) is 4.79 Å². The van der Waals surface area contributed by atoms with Gasteiger partial charge in [0.05, 0.1) is 5.02 Å². The summed E-state index contributed by atoms with van der Waals surface area (Å²) in [6.45, 7) is 1.92. The van der Waals surface area contributed by atoms with Gasteiger partial charge >= 0.3 is 0 Å². The number of carbonyl (C=O) groups excluding carboxylic acids is 1. The standard InChI is InChI=1S/C10H11ClFNO/c1-2-9(14)13-6-7-4-3-5-8(11)10(7)12/h3-5H,2,6H2,1H3,(H,13,14). The van der Waals surface area contributed by atoms with Gasteiger partial charge in [0.1, 0.15) is 5.82 Å². The molecular formula is C10H11ClFNO. The van der Waals surface area contributed by atoms with E-state index >= 15 is 0 Å². The van der Waals surface area contributed by atoms with Crippen LogP contribution in [0.3, 0.4) is 0 Å². The van der Waals surface area contributed by atoms with Crippen molar-refractivity contribution in [3.63, 3.8) is 0 Å². The molecule has 0 spiro atoms. The Kier molecular flexibility index (Phi) is 3.89. The van der Waals surface area contributed by atoms with Crippen LogP contribution in [0.4, 0.5) is 4.39 Å². The minimum Gasteiger partial charge on any atom is -0.352 e. The number of halogens is 2. The SMILES string of the molecule is CCC(=O)NCc1cccc(Cl)c1F. The van der Waals surface area contributed by atoms with E-state index in [1.165, 1.54) is 6.07 Å². The maximum atomic E-state index is 13.3. The second-order valence-corrected chi connectivity index (χ2v) is 3.25. The molecule has 0 fully saturated rings. The average Bonchev–Trinajstić information content (AvgIpc) is 2.20. The third-order valence-corrected chi connectivity index (χ3v) is 2.12. The molecule has 0 aliphatic rings. The molecule has 1 N–H and O–H groups in total. The van der Waals surface area contributed by atoms with Crippen molar-refractivity contribution in [2.75, 3.05) is 0 Å². The Morgan fingerprint density at radius 2 is 2.29 bits per heavy atom. The van der Waals surface area contributed by atoms with E-state index in [1.54, 1.807) is 19.1 Å². The van der Waals surface area contributed by atoms with Gasteiger partial charge in [-0.1, -0.05) is 30.7 Å². The Morgan fingerprint density at radius 1 is 1.57 bits per heavy atom. The van der Waals surface area contributed by atoms with Gasteiger partial charge in [0.2, 0.25) is 5.91 Å². The minimum absolute atomic E-state index is 0.0771. The molecule has 0 bridgehead atoms. The highest BCUT2D eigenvalue weighted by molar-refractivity contribution is 6.30. The third-order valence-electron chi connectivity index (χ3n) is 1.83. The molecule has 1 aromatic carbocycles. The van der Waals surface area contributed by atoms with Crippen LogP contribution in [-0.2, 0) is 11.3 Å². The first-order valence-electron chi connectivity index (χ1n) is 4.34. The molecule has 0 saturated carbocycles. The quantitative estimate of drug-likeness (QED) is 0.825. The summed E-state index contributed by atoms with van der Waals surface area (Å²) in [5.41, 5.74) is 0.402. The Hall–Kier alpha value is -1.09. The summed E-state index contributed by atoms with van der Waals surface area (Å²) < 4.78 is 13.3. The monoisotopic (exact) mass is 215 g/mol. The van der Waals surface area contributed by atoms with Crippen molar-refractivity contribution in [1.82, 2.24) is 5.32 Å². The molecule has 0 aliphatic heterocycles. The molecular weight excluding hydrogens is 205 g/mol. The van der Waals surface area contributed by atoms with Crippen molar-refractivity contribution in [2.45, 2.75) is 19.9 Å². The van der Waals surface area contributed by atoms with Gasteiger partial charge < -0.3 is 5.32 Å². The van der Waals surface area contributed by atoms with E-state index in [-0.39, 0.29) is 17.5 Å². The Balaban J connectivity index is 2.68. The Labute approximate surface area is 87.1 Å². The number of carbonyl (C=O) groups is 1. The molecule has 0 aromatic heterocycles. The third kappa shape index (κ3) is 2.70. The highest BCUT2D eigenvalue weighted by Crippen LogP contribution is 2.17. The lowest BCUT2D eigenvalue weighted by atomic mass is 10.2. The fourth-order valence-electron chi connectivity index (χ4n) is 1.00.